The summed E-state index contributed by atoms with van der Waals surface area (Å²) in [7, 11) is -1.72. The van der Waals surface area contributed by atoms with Gasteiger partial charge in [-0.2, -0.15) is 0 Å². The van der Waals surface area contributed by atoms with Crippen molar-refractivity contribution in [1.82, 2.24) is 5.32 Å². The molecule has 1 saturated carbocycles. The number of benzene rings is 1. The van der Waals surface area contributed by atoms with Gasteiger partial charge >= 0.3 is 0 Å². The Kier molecular flexibility index (Phi) is 4.21. The molecule has 1 aromatic carbocycles. The average Bonchev–Trinajstić information content (AvgIpc) is 2.37. The van der Waals surface area contributed by atoms with E-state index in [1.807, 2.05) is 0 Å². The van der Waals surface area contributed by atoms with Crippen LogP contribution < -0.4 is 5.32 Å². The summed E-state index contributed by atoms with van der Waals surface area (Å²) < 4.78 is 38.9. The van der Waals surface area contributed by atoms with Crippen molar-refractivity contribution in [2.75, 3.05) is 7.05 Å². The zero-order chi connectivity index (χ0) is 15.0. The van der Waals surface area contributed by atoms with E-state index in [0.29, 0.717) is 6.42 Å². The van der Waals surface area contributed by atoms with E-state index in [2.05, 4.69) is 19.2 Å². The summed E-state index contributed by atoms with van der Waals surface area (Å²) >= 11 is 0. The second-order valence-corrected chi connectivity index (χ2v) is 8.35. The van der Waals surface area contributed by atoms with Crippen molar-refractivity contribution in [1.29, 1.82) is 0 Å². The largest absolute Gasteiger partial charge is 0.315 e. The molecular weight excluding hydrogens is 277 g/mol. The number of hydrogen-bond donors (Lipinski definition) is 1. The summed E-state index contributed by atoms with van der Waals surface area (Å²) in [6.07, 6.45) is 2.49. The molecule has 5 heteroatoms. The number of rotatable bonds is 3. The van der Waals surface area contributed by atoms with Gasteiger partial charge in [0, 0.05) is 6.04 Å². The summed E-state index contributed by atoms with van der Waals surface area (Å²) in [6.45, 7) is 4.17. The fourth-order valence-corrected chi connectivity index (χ4v) is 5.55. The van der Waals surface area contributed by atoms with Crippen LogP contribution in [0.3, 0.4) is 0 Å². The molecule has 0 aliphatic heterocycles. The molecule has 2 atom stereocenters. The number of halogens is 1. The molecule has 0 spiro atoms. The Balaban J connectivity index is 2.42. The SMILES string of the molecule is CNC1C(S(=O)(=O)c2cccc(F)c2)CCCC1(C)C. The molecule has 1 aromatic rings. The summed E-state index contributed by atoms with van der Waals surface area (Å²) in [5.41, 5.74) is -0.0853. The predicted octanol–water partition coefficient (Wildman–Crippen LogP) is 2.77. The molecule has 2 rings (SSSR count). The first-order chi connectivity index (χ1) is 9.29. The molecule has 1 fully saturated rings. The van der Waals surface area contributed by atoms with Gasteiger partial charge in [0.05, 0.1) is 10.1 Å². The molecule has 2 unspecified atom stereocenters. The first kappa shape index (κ1) is 15.4. The van der Waals surface area contributed by atoms with Gasteiger partial charge < -0.3 is 5.32 Å². The molecule has 1 aliphatic rings. The number of hydrogen-bond acceptors (Lipinski definition) is 3. The Hall–Kier alpha value is -0.940. The normalized spacial score (nSPS) is 26.4. The fraction of sp³-hybridized carbons (Fsp3) is 0.600. The molecule has 0 bridgehead atoms. The molecule has 0 aromatic heterocycles. The van der Waals surface area contributed by atoms with Crippen LogP contribution >= 0.6 is 0 Å². The van der Waals surface area contributed by atoms with Crippen LogP contribution in [0.4, 0.5) is 4.39 Å². The van der Waals surface area contributed by atoms with E-state index < -0.39 is 20.9 Å². The summed E-state index contributed by atoms with van der Waals surface area (Å²) in [4.78, 5) is 0.0838. The molecule has 1 aliphatic carbocycles. The first-order valence-electron chi connectivity index (χ1n) is 6.96. The minimum atomic E-state index is -3.52. The van der Waals surface area contributed by atoms with Gasteiger partial charge in [-0.05, 0) is 43.5 Å². The second-order valence-electron chi connectivity index (χ2n) is 6.19. The quantitative estimate of drug-likeness (QED) is 0.933. The van der Waals surface area contributed by atoms with Crippen LogP contribution in [-0.2, 0) is 9.84 Å². The van der Waals surface area contributed by atoms with Crippen LogP contribution in [-0.4, -0.2) is 26.8 Å². The van der Waals surface area contributed by atoms with E-state index in [1.165, 1.54) is 18.2 Å². The van der Waals surface area contributed by atoms with E-state index >= 15 is 0 Å². The molecule has 112 valence electrons. The topological polar surface area (TPSA) is 46.2 Å². The summed E-state index contributed by atoms with van der Waals surface area (Å²) in [6, 6.07) is 5.19. The van der Waals surface area contributed by atoms with E-state index in [-0.39, 0.29) is 16.4 Å². The fourth-order valence-electron chi connectivity index (χ4n) is 3.31. The molecule has 20 heavy (non-hydrogen) atoms. The minimum absolute atomic E-state index is 0.0838. The van der Waals surface area contributed by atoms with Crippen LogP contribution in [0.2, 0.25) is 0 Å². The monoisotopic (exact) mass is 299 g/mol. The number of nitrogens with one attached hydrogen (secondary N) is 1. The Bertz CT molecular complexity index is 583. The molecule has 1 N–H and O–H groups in total. The third kappa shape index (κ3) is 2.74. The van der Waals surface area contributed by atoms with Gasteiger partial charge in [-0.15, -0.1) is 0 Å². The lowest BCUT2D eigenvalue weighted by atomic mass is 9.73. The lowest BCUT2D eigenvalue weighted by Crippen LogP contribution is -2.54. The molecule has 0 amide bonds. The Morgan fingerprint density at radius 2 is 2.05 bits per heavy atom. The molecule has 0 radical (unpaired) electrons. The van der Waals surface area contributed by atoms with Crippen molar-refractivity contribution in [3.63, 3.8) is 0 Å². The standard InChI is InChI=1S/C15H22FNO2S/c1-15(2)9-5-8-13(14(15)17-3)20(18,19)12-7-4-6-11(16)10-12/h4,6-7,10,13-14,17H,5,8-9H2,1-3H3. The van der Waals surface area contributed by atoms with Gasteiger partial charge in [0.1, 0.15) is 5.82 Å². The third-order valence-corrected chi connectivity index (χ3v) is 6.57. The van der Waals surface area contributed by atoms with Gasteiger partial charge in [-0.1, -0.05) is 26.3 Å². The van der Waals surface area contributed by atoms with Crippen LogP contribution in [0.1, 0.15) is 33.1 Å². The second kappa shape index (κ2) is 5.45. The van der Waals surface area contributed by atoms with Gasteiger partial charge in [-0.25, -0.2) is 12.8 Å². The maximum atomic E-state index is 13.3. The number of sulfone groups is 1. The van der Waals surface area contributed by atoms with Crippen LogP contribution in [0.25, 0.3) is 0 Å². The van der Waals surface area contributed by atoms with E-state index in [9.17, 15) is 12.8 Å². The van der Waals surface area contributed by atoms with Crippen molar-refractivity contribution in [2.24, 2.45) is 5.41 Å². The predicted molar refractivity (Wildman–Crippen MR) is 77.9 cm³/mol. The summed E-state index contributed by atoms with van der Waals surface area (Å²) in [5, 5.41) is 2.66. The van der Waals surface area contributed by atoms with E-state index in [0.717, 1.165) is 18.9 Å². The highest BCUT2D eigenvalue weighted by Crippen LogP contribution is 2.40. The maximum absolute atomic E-state index is 13.3. The molecule has 0 saturated heterocycles. The van der Waals surface area contributed by atoms with Gasteiger partial charge in [0.25, 0.3) is 0 Å². The Morgan fingerprint density at radius 1 is 1.35 bits per heavy atom. The van der Waals surface area contributed by atoms with Crippen molar-refractivity contribution >= 4 is 9.84 Å². The minimum Gasteiger partial charge on any atom is -0.315 e. The zero-order valence-electron chi connectivity index (χ0n) is 12.2. The van der Waals surface area contributed by atoms with Gasteiger partial charge in [0.2, 0.25) is 0 Å². The van der Waals surface area contributed by atoms with Crippen molar-refractivity contribution in [3.8, 4) is 0 Å². The van der Waals surface area contributed by atoms with Crippen molar-refractivity contribution < 1.29 is 12.8 Å². The third-order valence-electron chi connectivity index (χ3n) is 4.36. The maximum Gasteiger partial charge on any atom is 0.182 e. The van der Waals surface area contributed by atoms with Gasteiger partial charge in [-0.3, -0.25) is 0 Å². The first-order valence-corrected chi connectivity index (χ1v) is 8.50. The molecule has 0 heterocycles. The van der Waals surface area contributed by atoms with Crippen molar-refractivity contribution in [3.05, 3.63) is 30.1 Å². The van der Waals surface area contributed by atoms with E-state index in [4.69, 9.17) is 0 Å². The summed E-state index contributed by atoms with van der Waals surface area (Å²) in [5.74, 6) is -0.512. The van der Waals surface area contributed by atoms with Crippen molar-refractivity contribution in [2.45, 2.75) is 49.3 Å². The van der Waals surface area contributed by atoms with Crippen LogP contribution in [0, 0.1) is 11.2 Å². The lowest BCUT2D eigenvalue weighted by molar-refractivity contribution is 0.178. The highest BCUT2D eigenvalue weighted by molar-refractivity contribution is 7.92. The zero-order valence-corrected chi connectivity index (χ0v) is 13.0. The van der Waals surface area contributed by atoms with Crippen LogP contribution in [0.5, 0.6) is 0 Å². The molecular formula is C15H22FNO2S. The van der Waals surface area contributed by atoms with Gasteiger partial charge in [0.15, 0.2) is 9.84 Å². The van der Waals surface area contributed by atoms with E-state index in [1.54, 1.807) is 7.05 Å². The molecule has 3 nitrogen and oxygen atoms in total. The van der Waals surface area contributed by atoms with Crippen LogP contribution in [0.15, 0.2) is 29.2 Å². The lowest BCUT2D eigenvalue weighted by Gasteiger charge is -2.43. The highest BCUT2D eigenvalue weighted by Gasteiger charge is 2.44. The average molecular weight is 299 g/mol. The Morgan fingerprint density at radius 3 is 2.65 bits per heavy atom. The smallest absolute Gasteiger partial charge is 0.182 e. The highest BCUT2D eigenvalue weighted by atomic mass is 32.2. The Labute approximate surface area is 120 Å².